The summed E-state index contributed by atoms with van der Waals surface area (Å²) < 4.78 is 11.1. The van der Waals surface area contributed by atoms with Crippen LogP contribution in [0.5, 0.6) is 0 Å². The van der Waals surface area contributed by atoms with E-state index in [1.807, 2.05) is 13.8 Å². The van der Waals surface area contributed by atoms with Gasteiger partial charge in [-0.05, 0) is 20.4 Å². The van der Waals surface area contributed by atoms with E-state index in [9.17, 15) is 0 Å². The zero-order valence-electron chi connectivity index (χ0n) is 7.52. The Labute approximate surface area is 75.1 Å². The van der Waals surface area contributed by atoms with Crippen LogP contribution in [0.3, 0.4) is 0 Å². The Morgan fingerprint density at radius 1 is 1.18 bits per heavy atom. The molecule has 0 heterocycles. The van der Waals surface area contributed by atoms with Crippen LogP contribution in [0.1, 0.15) is 13.8 Å². The van der Waals surface area contributed by atoms with E-state index in [1.54, 1.807) is 0 Å². The predicted molar refractivity (Wildman–Crippen MR) is 50.4 cm³/mol. The van der Waals surface area contributed by atoms with Crippen LogP contribution < -0.4 is 0 Å². The van der Waals surface area contributed by atoms with Crippen LogP contribution >= 0.6 is 11.6 Å². The second-order valence-electron chi connectivity index (χ2n) is 2.44. The lowest BCUT2D eigenvalue weighted by molar-refractivity contribution is 0.190. The van der Waals surface area contributed by atoms with Gasteiger partial charge in [0.2, 0.25) is 0 Å². The van der Waals surface area contributed by atoms with Crippen molar-refractivity contribution < 1.29 is 8.85 Å². The van der Waals surface area contributed by atoms with Crippen LogP contribution in [0.4, 0.5) is 0 Å². The third kappa shape index (κ3) is 4.79. The molecule has 0 rings (SSSR count). The highest BCUT2D eigenvalue weighted by Crippen LogP contribution is 2.13. The monoisotopic (exact) mass is 196 g/mol. The Morgan fingerprint density at radius 2 is 1.64 bits per heavy atom. The van der Waals surface area contributed by atoms with Crippen molar-refractivity contribution in [1.29, 1.82) is 0 Å². The van der Waals surface area contributed by atoms with E-state index in [0.717, 1.165) is 19.3 Å². The molecular formula is C7H17ClO2Si. The van der Waals surface area contributed by atoms with Gasteiger partial charge in [0.15, 0.2) is 0 Å². The Balaban J connectivity index is 3.79. The minimum absolute atomic E-state index is 0.628. The molecule has 0 atom stereocenters. The maximum Gasteiger partial charge on any atom is 0.336 e. The summed E-state index contributed by atoms with van der Waals surface area (Å²) in [6, 6.07) is 0.871. The first-order chi connectivity index (χ1) is 5.18. The molecule has 0 radical (unpaired) electrons. The summed E-state index contributed by atoms with van der Waals surface area (Å²) in [6.45, 7) is 7.47. The van der Waals surface area contributed by atoms with Crippen molar-refractivity contribution in [2.45, 2.75) is 26.4 Å². The summed E-state index contributed by atoms with van der Waals surface area (Å²) in [5.74, 6) is 0.628. The molecule has 0 aromatic rings. The summed E-state index contributed by atoms with van der Waals surface area (Å²) in [6.07, 6.45) is 0. The third-order valence-electron chi connectivity index (χ3n) is 1.45. The zero-order chi connectivity index (χ0) is 8.74. The molecule has 0 bridgehead atoms. The van der Waals surface area contributed by atoms with Crippen LogP contribution in [0.25, 0.3) is 0 Å². The first-order valence-corrected chi connectivity index (χ1v) is 7.08. The molecular weight excluding hydrogens is 180 g/mol. The average molecular weight is 197 g/mol. The first kappa shape index (κ1) is 11.4. The van der Waals surface area contributed by atoms with Gasteiger partial charge in [-0.1, -0.05) is 0 Å². The molecule has 0 saturated carbocycles. The minimum Gasteiger partial charge on any atom is -0.395 e. The molecule has 0 aromatic heterocycles. The predicted octanol–water partition coefficient (Wildman–Crippen LogP) is 2.37. The van der Waals surface area contributed by atoms with Gasteiger partial charge >= 0.3 is 8.56 Å². The zero-order valence-corrected chi connectivity index (χ0v) is 9.28. The standard InChI is InChI=1S/C7H17ClO2Si/c1-4-9-11(3,7-6-8)10-5-2/h4-7H2,1-3H3. The van der Waals surface area contributed by atoms with Crippen molar-refractivity contribution in [2.24, 2.45) is 0 Å². The molecule has 4 heteroatoms. The van der Waals surface area contributed by atoms with Crippen molar-refractivity contribution in [3.05, 3.63) is 0 Å². The maximum atomic E-state index is 5.63. The summed E-state index contributed by atoms with van der Waals surface area (Å²) in [5, 5.41) is 0. The first-order valence-electron chi connectivity index (χ1n) is 4.02. The molecule has 2 nitrogen and oxygen atoms in total. The number of hydrogen-bond donors (Lipinski definition) is 0. The molecule has 0 amide bonds. The Bertz CT molecular complexity index is 83.4. The minimum atomic E-state index is -1.88. The highest BCUT2D eigenvalue weighted by Gasteiger charge is 2.29. The molecule has 0 saturated heterocycles. The fourth-order valence-corrected chi connectivity index (χ4v) is 3.93. The van der Waals surface area contributed by atoms with E-state index in [-0.39, 0.29) is 0 Å². The van der Waals surface area contributed by atoms with Crippen molar-refractivity contribution in [1.82, 2.24) is 0 Å². The van der Waals surface area contributed by atoms with Crippen molar-refractivity contribution in [3.63, 3.8) is 0 Å². The van der Waals surface area contributed by atoms with Gasteiger partial charge in [0.25, 0.3) is 0 Å². The van der Waals surface area contributed by atoms with E-state index in [1.165, 1.54) is 0 Å². The highest BCUT2D eigenvalue weighted by molar-refractivity contribution is 6.66. The number of hydrogen-bond acceptors (Lipinski definition) is 2. The largest absolute Gasteiger partial charge is 0.395 e. The summed E-state index contributed by atoms with van der Waals surface area (Å²) in [4.78, 5) is 0. The number of alkyl halides is 1. The molecule has 0 aliphatic heterocycles. The quantitative estimate of drug-likeness (QED) is 0.480. The van der Waals surface area contributed by atoms with Gasteiger partial charge in [-0.2, -0.15) is 0 Å². The summed E-state index contributed by atoms with van der Waals surface area (Å²) >= 11 is 5.63. The Kier molecular flexibility index (Phi) is 6.23. The fourth-order valence-electron chi connectivity index (χ4n) is 0.968. The van der Waals surface area contributed by atoms with Gasteiger partial charge in [-0.3, -0.25) is 0 Å². The van der Waals surface area contributed by atoms with Crippen molar-refractivity contribution in [3.8, 4) is 0 Å². The van der Waals surface area contributed by atoms with Gasteiger partial charge in [-0.15, -0.1) is 11.6 Å². The molecule has 68 valence electrons. The molecule has 11 heavy (non-hydrogen) atoms. The Hall–Kier alpha value is 0.427. The van der Waals surface area contributed by atoms with E-state index in [0.29, 0.717) is 5.88 Å². The second-order valence-corrected chi connectivity index (χ2v) is 6.16. The van der Waals surface area contributed by atoms with Gasteiger partial charge in [0.1, 0.15) is 0 Å². The van der Waals surface area contributed by atoms with Gasteiger partial charge in [0, 0.05) is 25.1 Å². The van der Waals surface area contributed by atoms with Crippen LogP contribution in [0, 0.1) is 0 Å². The summed E-state index contributed by atoms with van der Waals surface area (Å²) in [5.41, 5.74) is 0. The van der Waals surface area contributed by atoms with Crippen LogP contribution in [0.15, 0.2) is 0 Å². The molecule has 0 aromatic carbocycles. The topological polar surface area (TPSA) is 18.5 Å². The Morgan fingerprint density at radius 3 is 1.91 bits per heavy atom. The fraction of sp³-hybridized carbons (Fsp3) is 1.00. The lowest BCUT2D eigenvalue weighted by atomic mass is 10.9. The average Bonchev–Trinajstić information content (AvgIpc) is 1.88. The number of halogens is 1. The van der Waals surface area contributed by atoms with Gasteiger partial charge < -0.3 is 8.85 Å². The van der Waals surface area contributed by atoms with E-state index >= 15 is 0 Å². The lowest BCUT2D eigenvalue weighted by Crippen LogP contribution is -2.39. The summed E-state index contributed by atoms with van der Waals surface area (Å²) in [7, 11) is -1.88. The number of rotatable bonds is 6. The molecule has 0 aliphatic rings. The molecule has 0 aliphatic carbocycles. The normalized spacial score (nSPS) is 12.0. The molecule has 0 spiro atoms. The molecule has 0 N–H and O–H groups in total. The molecule has 0 unspecified atom stereocenters. The maximum absolute atomic E-state index is 5.63. The van der Waals surface area contributed by atoms with Gasteiger partial charge in [0.05, 0.1) is 0 Å². The van der Waals surface area contributed by atoms with Crippen LogP contribution in [-0.2, 0) is 8.85 Å². The van der Waals surface area contributed by atoms with E-state index < -0.39 is 8.56 Å². The van der Waals surface area contributed by atoms with Crippen molar-refractivity contribution in [2.75, 3.05) is 19.1 Å². The second kappa shape index (κ2) is 6.00. The van der Waals surface area contributed by atoms with E-state index in [2.05, 4.69) is 6.55 Å². The van der Waals surface area contributed by atoms with Crippen molar-refractivity contribution >= 4 is 20.2 Å². The third-order valence-corrected chi connectivity index (χ3v) is 4.91. The van der Waals surface area contributed by atoms with Gasteiger partial charge in [-0.25, -0.2) is 0 Å². The highest BCUT2D eigenvalue weighted by atomic mass is 35.5. The van der Waals surface area contributed by atoms with Crippen LogP contribution in [-0.4, -0.2) is 27.7 Å². The van der Waals surface area contributed by atoms with E-state index in [4.69, 9.17) is 20.5 Å². The van der Waals surface area contributed by atoms with Crippen LogP contribution in [0.2, 0.25) is 12.6 Å². The molecule has 0 fully saturated rings. The smallest absolute Gasteiger partial charge is 0.336 e. The SMILES string of the molecule is CCO[Si](C)(CCCl)OCC. The lowest BCUT2D eigenvalue weighted by Gasteiger charge is -2.24.